The molecule has 1 amide bonds. The molecule has 0 bridgehead atoms. The van der Waals surface area contributed by atoms with E-state index in [4.69, 9.17) is 0 Å². The van der Waals surface area contributed by atoms with Crippen LogP contribution in [-0.2, 0) is 4.79 Å². The largest absolute Gasteiger partial charge is 0.393 e. The lowest BCUT2D eigenvalue weighted by atomic mass is 9.95. The van der Waals surface area contributed by atoms with Gasteiger partial charge in [-0.25, -0.2) is 5.01 Å². The van der Waals surface area contributed by atoms with Gasteiger partial charge in [0.15, 0.2) is 0 Å². The van der Waals surface area contributed by atoms with Crippen molar-refractivity contribution in [2.45, 2.75) is 37.8 Å². The number of rotatable bonds is 4. The average molecular weight is 361 g/mol. The van der Waals surface area contributed by atoms with Crippen molar-refractivity contribution < 1.29 is 18.0 Å². The van der Waals surface area contributed by atoms with Crippen molar-refractivity contribution >= 4 is 5.91 Å². The maximum atomic E-state index is 12.9. The lowest BCUT2D eigenvalue weighted by Gasteiger charge is -2.48. The van der Waals surface area contributed by atoms with Gasteiger partial charge in [-0.3, -0.25) is 15.1 Å². The summed E-state index contributed by atoms with van der Waals surface area (Å²) in [5.74, 6) is -1.24. The number of piperidine rings is 1. The molecule has 0 spiro atoms. The van der Waals surface area contributed by atoms with Crippen LogP contribution in [-0.4, -0.2) is 67.0 Å². The van der Waals surface area contributed by atoms with Crippen LogP contribution in [0.5, 0.6) is 0 Å². The second-order valence-electron chi connectivity index (χ2n) is 7.08. The zero-order valence-corrected chi connectivity index (χ0v) is 14.2. The van der Waals surface area contributed by atoms with E-state index in [0.717, 1.165) is 26.1 Å². The molecular formula is C16H26F3N5O. The molecule has 4 atom stereocenters. The summed E-state index contributed by atoms with van der Waals surface area (Å²) in [4.78, 5) is 13.7. The third-order valence-corrected chi connectivity index (χ3v) is 5.39. The van der Waals surface area contributed by atoms with Crippen molar-refractivity contribution in [1.82, 2.24) is 26.0 Å². The fraction of sp³-hybridized carbons (Fsp3) is 0.812. The number of nitrogens with zero attached hydrogens (tertiary/aromatic N) is 2. The topological polar surface area (TPSA) is 59.6 Å². The quantitative estimate of drug-likeness (QED) is 0.642. The minimum absolute atomic E-state index is 0.0251. The van der Waals surface area contributed by atoms with E-state index in [-0.39, 0.29) is 37.1 Å². The van der Waals surface area contributed by atoms with E-state index in [1.807, 2.05) is 0 Å². The Balaban J connectivity index is 1.60. The summed E-state index contributed by atoms with van der Waals surface area (Å²) in [7, 11) is 0. The van der Waals surface area contributed by atoms with Crippen molar-refractivity contribution in [3.8, 4) is 0 Å². The smallest absolute Gasteiger partial charge is 0.352 e. The number of fused-ring (bicyclic) bond motifs is 1. The van der Waals surface area contributed by atoms with E-state index in [9.17, 15) is 18.0 Å². The molecule has 6 nitrogen and oxygen atoms in total. The molecule has 0 aromatic heterocycles. The van der Waals surface area contributed by atoms with E-state index in [1.165, 1.54) is 6.08 Å². The highest BCUT2D eigenvalue weighted by atomic mass is 19.4. The molecule has 3 fully saturated rings. The van der Waals surface area contributed by atoms with E-state index >= 15 is 0 Å². The standard InChI is InChI=1S/C16H26F3N5O/c1-2-14(25)21-7-11-9-23(15-5-6-22-24(15)10-11)13-4-3-12(8-20-13)16(17,18)19/h2,11-13,15,20,22H,1,3-10H2,(H,21,25). The van der Waals surface area contributed by atoms with Gasteiger partial charge in [-0.15, -0.1) is 0 Å². The van der Waals surface area contributed by atoms with Crippen LogP contribution in [0.1, 0.15) is 19.3 Å². The monoisotopic (exact) mass is 361 g/mol. The number of halogens is 3. The number of hydrazine groups is 1. The van der Waals surface area contributed by atoms with Crippen LogP contribution in [0.3, 0.4) is 0 Å². The van der Waals surface area contributed by atoms with Crippen molar-refractivity contribution in [2.24, 2.45) is 11.8 Å². The van der Waals surface area contributed by atoms with Gasteiger partial charge < -0.3 is 10.6 Å². The first-order valence-electron chi connectivity index (χ1n) is 8.84. The summed E-state index contributed by atoms with van der Waals surface area (Å²) in [6, 6.07) is 0. The second kappa shape index (κ2) is 7.61. The van der Waals surface area contributed by atoms with Gasteiger partial charge in [0, 0.05) is 38.6 Å². The highest BCUT2D eigenvalue weighted by Gasteiger charge is 2.45. The Bertz CT molecular complexity index is 493. The zero-order chi connectivity index (χ0) is 18.0. The molecule has 142 valence electrons. The van der Waals surface area contributed by atoms with Crippen LogP contribution in [0.2, 0.25) is 0 Å². The maximum absolute atomic E-state index is 12.9. The van der Waals surface area contributed by atoms with Crippen molar-refractivity contribution in [1.29, 1.82) is 0 Å². The van der Waals surface area contributed by atoms with E-state index in [1.54, 1.807) is 0 Å². The Kier molecular flexibility index (Phi) is 5.67. The fourth-order valence-corrected chi connectivity index (χ4v) is 4.07. The lowest BCUT2D eigenvalue weighted by molar-refractivity contribution is -0.184. The van der Waals surface area contributed by atoms with Crippen LogP contribution in [0.4, 0.5) is 13.2 Å². The van der Waals surface area contributed by atoms with E-state index in [2.05, 4.69) is 32.5 Å². The molecule has 3 heterocycles. The molecule has 0 aromatic rings. The first-order valence-corrected chi connectivity index (χ1v) is 8.84. The number of hydrogen-bond acceptors (Lipinski definition) is 5. The summed E-state index contributed by atoms with van der Waals surface area (Å²) >= 11 is 0. The van der Waals surface area contributed by atoms with Gasteiger partial charge in [0.25, 0.3) is 0 Å². The summed E-state index contributed by atoms with van der Waals surface area (Å²) in [6.07, 6.45) is -1.13. The third-order valence-electron chi connectivity index (χ3n) is 5.39. The fourth-order valence-electron chi connectivity index (χ4n) is 4.07. The molecule has 3 aliphatic rings. The van der Waals surface area contributed by atoms with Crippen LogP contribution >= 0.6 is 0 Å². The molecule has 0 aromatic carbocycles. The van der Waals surface area contributed by atoms with Gasteiger partial charge in [0.05, 0.1) is 18.2 Å². The number of hydrogen-bond donors (Lipinski definition) is 3. The predicted octanol–water partition coefficient (Wildman–Crippen LogP) is 0.645. The van der Waals surface area contributed by atoms with Gasteiger partial charge in [-0.05, 0) is 25.3 Å². The van der Waals surface area contributed by atoms with E-state index in [0.29, 0.717) is 13.0 Å². The first-order chi connectivity index (χ1) is 11.9. The van der Waals surface area contributed by atoms with Crippen molar-refractivity contribution in [3.05, 3.63) is 12.7 Å². The predicted molar refractivity (Wildman–Crippen MR) is 87.1 cm³/mol. The number of carbonyl (C=O) groups is 1. The Hall–Kier alpha value is -1.16. The van der Waals surface area contributed by atoms with E-state index < -0.39 is 12.1 Å². The minimum Gasteiger partial charge on any atom is -0.352 e. The molecule has 4 unspecified atom stereocenters. The molecule has 3 N–H and O–H groups in total. The number of amides is 1. The number of carbonyl (C=O) groups excluding carboxylic acids is 1. The second-order valence-corrected chi connectivity index (χ2v) is 7.08. The Morgan fingerprint density at radius 2 is 2.08 bits per heavy atom. The molecule has 3 saturated heterocycles. The molecule has 3 rings (SSSR count). The Morgan fingerprint density at radius 1 is 1.28 bits per heavy atom. The van der Waals surface area contributed by atoms with Gasteiger partial charge in [0.2, 0.25) is 5.91 Å². The lowest BCUT2D eigenvalue weighted by Crippen LogP contribution is -2.65. The molecular weight excluding hydrogens is 335 g/mol. The normalized spacial score (nSPS) is 34.5. The Labute approximate surface area is 145 Å². The summed E-state index contributed by atoms with van der Waals surface area (Å²) in [6.45, 7) is 6.39. The molecule has 0 saturated carbocycles. The maximum Gasteiger partial charge on any atom is 0.393 e. The van der Waals surface area contributed by atoms with Crippen LogP contribution in [0.15, 0.2) is 12.7 Å². The molecule has 0 aliphatic carbocycles. The van der Waals surface area contributed by atoms with Gasteiger partial charge in [0.1, 0.15) is 0 Å². The van der Waals surface area contributed by atoms with Gasteiger partial charge in [-0.1, -0.05) is 6.58 Å². The number of nitrogens with one attached hydrogen (secondary N) is 3. The molecule has 3 aliphatic heterocycles. The molecule has 0 radical (unpaired) electrons. The van der Waals surface area contributed by atoms with Crippen molar-refractivity contribution in [3.63, 3.8) is 0 Å². The van der Waals surface area contributed by atoms with Crippen molar-refractivity contribution in [2.75, 3.05) is 32.7 Å². The summed E-state index contributed by atoms with van der Waals surface area (Å²) < 4.78 is 38.6. The van der Waals surface area contributed by atoms with Gasteiger partial charge in [-0.2, -0.15) is 13.2 Å². The zero-order valence-electron chi connectivity index (χ0n) is 14.2. The first kappa shape index (κ1) is 18.6. The summed E-state index contributed by atoms with van der Waals surface area (Å²) in [5.41, 5.74) is 3.34. The van der Waals surface area contributed by atoms with Crippen LogP contribution in [0, 0.1) is 11.8 Å². The number of alkyl halides is 3. The summed E-state index contributed by atoms with van der Waals surface area (Å²) in [5, 5.41) is 8.09. The average Bonchev–Trinajstić information content (AvgIpc) is 3.06. The molecule has 25 heavy (non-hydrogen) atoms. The Morgan fingerprint density at radius 3 is 2.72 bits per heavy atom. The molecule has 9 heteroatoms. The SMILES string of the molecule is C=CC(=O)NCC1CN2NCCC2N(C2CCC(C(F)(F)F)CN2)C1. The highest BCUT2D eigenvalue weighted by molar-refractivity contribution is 5.86. The third kappa shape index (κ3) is 4.33. The highest BCUT2D eigenvalue weighted by Crippen LogP contribution is 2.34. The van der Waals surface area contributed by atoms with Crippen LogP contribution in [0.25, 0.3) is 0 Å². The van der Waals surface area contributed by atoms with Crippen LogP contribution < -0.4 is 16.1 Å². The minimum atomic E-state index is -4.13. The van der Waals surface area contributed by atoms with Gasteiger partial charge >= 0.3 is 6.18 Å².